The lowest BCUT2D eigenvalue weighted by Crippen LogP contribution is -1.99. The van der Waals surface area contributed by atoms with E-state index in [1.165, 1.54) is 6.33 Å². The van der Waals surface area contributed by atoms with Crippen molar-refractivity contribution in [2.75, 3.05) is 6.61 Å². The number of ether oxygens (including phenoxy) is 1. The van der Waals surface area contributed by atoms with Crippen LogP contribution in [0.4, 0.5) is 0 Å². The maximum Gasteiger partial charge on any atom is 0.244 e. The second kappa shape index (κ2) is 4.50. The van der Waals surface area contributed by atoms with Crippen LogP contribution >= 0.6 is 0 Å². The van der Waals surface area contributed by atoms with Gasteiger partial charge >= 0.3 is 0 Å². The molecule has 0 radical (unpaired) electrons. The third-order valence-electron chi connectivity index (χ3n) is 1.92. The number of hydrogen-bond acceptors (Lipinski definition) is 4. The third-order valence-corrected chi connectivity index (χ3v) is 1.92. The minimum Gasteiger partial charge on any atom is -0.476 e. The van der Waals surface area contributed by atoms with Crippen LogP contribution in [-0.2, 0) is 0 Å². The normalized spacial score (nSPS) is 9.93. The van der Waals surface area contributed by atoms with E-state index in [1.54, 1.807) is 0 Å². The molecule has 0 N–H and O–H groups in total. The minimum atomic E-state index is 0.527. The monoisotopic (exact) mass is 201 g/mol. The summed E-state index contributed by atoms with van der Waals surface area (Å²) in [5.41, 5.74) is 1.64. The van der Waals surface area contributed by atoms with Crippen molar-refractivity contribution in [1.29, 1.82) is 0 Å². The van der Waals surface area contributed by atoms with Crippen molar-refractivity contribution in [3.05, 3.63) is 36.7 Å². The van der Waals surface area contributed by atoms with Crippen LogP contribution in [0.25, 0.3) is 11.3 Å². The van der Waals surface area contributed by atoms with Gasteiger partial charge in [0, 0.05) is 5.56 Å². The lowest BCUT2D eigenvalue weighted by molar-refractivity contribution is 0.325. The Bertz CT molecular complexity index is 431. The molecule has 0 saturated carbocycles. The van der Waals surface area contributed by atoms with Gasteiger partial charge in [0.1, 0.15) is 6.33 Å². The molecule has 1 aromatic heterocycles. The predicted octanol–water partition coefficient (Wildman–Crippen LogP) is 1.94. The molecule has 1 aromatic carbocycles. The fraction of sp³-hybridized carbons (Fsp3) is 0.182. The van der Waals surface area contributed by atoms with E-state index in [0.29, 0.717) is 18.2 Å². The lowest BCUT2D eigenvalue weighted by Gasteiger charge is -2.05. The van der Waals surface area contributed by atoms with Gasteiger partial charge in [0.05, 0.1) is 6.61 Å². The van der Waals surface area contributed by atoms with E-state index in [4.69, 9.17) is 4.74 Å². The van der Waals surface area contributed by atoms with Crippen LogP contribution in [-0.4, -0.2) is 21.8 Å². The SMILES string of the molecule is CCOc1ncnnc1-c1ccccc1. The maximum absolute atomic E-state index is 5.38. The smallest absolute Gasteiger partial charge is 0.244 e. The largest absolute Gasteiger partial charge is 0.476 e. The summed E-state index contributed by atoms with van der Waals surface area (Å²) in [6.45, 7) is 2.48. The topological polar surface area (TPSA) is 47.9 Å². The first kappa shape index (κ1) is 9.58. The van der Waals surface area contributed by atoms with Gasteiger partial charge in [0.25, 0.3) is 0 Å². The van der Waals surface area contributed by atoms with Gasteiger partial charge in [-0.15, -0.1) is 10.2 Å². The highest BCUT2D eigenvalue weighted by molar-refractivity contribution is 5.63. The van der Waals surface area contributed by atoms with Gasteiger partial charge in [0.2, 0.25) is 5.88 Å². The summed E-state index contributed by atoms with van der Waals surface area (Å²) in [4.78, 5) is 4.05. The number of benzene rings is 1. The van der Waals surface area contributed by atoms with Crippen molar-refractivity contribution < 1.29 is 4.74 Å². The van der Waals surface area contributed by atoms with Gasteiger partial charge in [-0.25, -0.2) is 0 Å². The van der Waals surface area contributed by atoms with Gasteiger partial charge in [-0.3, -0.25) is 0 Å². The average molecular weight is 201 g/mol. The summed E-state index contributed by atoms with van der Waals surface area (Å²) >= 11 is 0. The third kappa shape index (κ3) is 2.10. The van der Waals surface area contributed by atoms with Crippen LogP contribution in [0.15, 0.2) is 36.7 Å². The molecule has 0 aliphatic heterocycles. The zero-order valence-electron chi connectivity index (χ0n) is 8.42. The van der Waals surface area contributed by atoms with E-state index < -0.39 is 0 Å². The number of rotatable bonds is 3. The first-order chi connectivity index (χ1) is 7.42. The van der Waals surface area contributed by atoms with E-state index in [1.807, 2.05) is 37.3 Å². The van der Waals surface area contributed by atoms with Crippen molar-refractivity contribution in [2.24, 2.45) is 0 Å². The van der Waals surface area contributed by atoms with Gasteiger partial charge < -0.3 is 4.74 Å². The fourth-order valence-electron chi connectivity index (χ4n) is 1.29. The van der Waals surface area contributed by atoms with Crippen LogP contribution in [0, 0.1) is 0 Å². The Hall–Kier alpha value is -1.97. The molecule has 15 heavy (non-hydrogen) atoms. The quantitative estimate of drug-likeness (QED) is 0.761. The molecular formula is C11H11N3O. The van der Waals surface area contributed by atoms with E-state index in [0.717, 1.165) is 5.56 Å². The van der Waals surface area contributed by atoms with E-state index in [-0.39, 0.29) is 0 Å². The Kier molecular flexibility index (Phi) is 2.88. The highest BCUT2D eigenvalue weighted by Crippen LogP contribution is 2.23. The number of nitrogens with zero attached hydrogens (tertiary/aromatic N) is 3. The molecule has 4 nitrogen and oxygen atoms in total. The summed E-state index contributed by atoms with van der Waals surface area (Å²) in [6, 6.07) is 9.75. The second-order valence-corrected chi connectivity index (χ2v) is 2.91. The summed E-state index contributed by atoms with van der Waals surface area (Å²) in [7, 11) is 0. The van der Waals surface area contributed by atoms with Crippen molar-refractivity contribution >= 4 is 0 Å². The van der Waals surface area contributed by atoms with Crippen molar-refractivity contribution in [3.63, 3.8) is 0 Å². The summed E-state index contributed by atoms with van der Waals surface area (Å²) in [5, 5.41) is 7.79. The molecule has 1 heterocycles. The molecule has 0 spiro atoms. The van der Waals surface area contributed by atoms with Crippen LogP contribution in [0.1, 0.15) is 6.92 Å². The Labute approximate surface area is 88.0 Å². The molecule has 0 aliphatic rings. The molecule has 0 fully saturated rings. The van der Waals surface area contributed by atoms with E-state index in [2.05, 4.69) is 15.2 Å². The molecule has 0 atom stereocenters. The van der Waals surface area contributed by atoms with Gasteiger partial charge in [-0.2, -0.15) is 4.98 Å². The Morgan fingerprint density at radius 2 is 2.00 bits per heavy atom. The Balaban J connectivity index is 2.43. The van der Waals surface area contributed by atoms with Gasteiger partial charge in [0.15, 0.2) is 5.69 Å². The second-order valence-electron chi connectivity index (χ2n) is 2.91. The summed E-state index contributed by atoms with van der Waals surface area (Å²) in [6.07, 6.45) is 1.39. The molecule has 0 unspecified atom stereocenters. The van der Waals surface area contributed by atoms with Gasteiger partial charge in [-0.05, 0) is 6.92 Å². The highest BCUT2D eigenvalue weighted by Gasteiger charge is 2.08. The standard InChI is InChI=1S/C11H11N3O/c1-2-15-11-10(14-13-8-12-11)9-6-4-3-5-7-9/h3-8H,2H2,1H3. The molecular weight excluding hydrogens is 190 g/mol. The van der Waals surface area contributed by atoms with Crippen LogP contribution in [0.2, 0.25) is 0 Å². The summed E-state index contributed by atoms with van der Waals surface area (Å²) in [5.74, 6) is 0.527. The van der Waals surface area contributed by atoms with Crippen LogP contribution in [0.3, 0.4) is 0 Å². The molecule has 76 valence electrons. The average Bonchev–Trinajstić information content (AvgIpc) is 2.31. The number of aromatic nitrogens is 3. The minimum absolute atomic E-state index is 0.527. The van der Waals surface area contributed by atoms with Crippen molar-refractivity contribution in [2.45, 2.75) is 6.92 Å². The van der Waals surface area contributed by atoms with Crippen molar-refractivity contribution in [3.8, 4) is 17.1 Å². The first-order valence-corrected chi connectivity index (χ1v) is 4.77. The molecule has 4 heteroatoms. The highest BCUT2D eigenvalue weighted by atomic mass is 16.5. The van der Waals surface area contributed by atoms with E-state index in [9.17, 15) is 0 Å². The Morgan fingerprint density at radius 1 is 1.20 bits per heavy atom. The molecule has 2 aromatic rings. The Morgan fingerprint density at radius 3 is 2.73 bits per heavy atom. The molecule has 0 amide bonds. The predicted molar refractivity (Wildman–Crippen MR) is 56.4 cm³/mol. The summed E-state index contributed by atoms with van der Waals surface area (Å²) < 4.78 is 5.38. The first-order valence-electron chi connectivity index (χ1n) is 4.77. The molecule has 0 saturated heterocycles. The lowest BCUT2D eigenvalue weighted by atomic mass is 10.2. The molecule has 0 aliphatic carbocycles. The zero-order chi connectivity index (χ0) is 10.5. The molecule has 2 rings (SSSR count). The van der Waals surface area contributed by atoms with Crippen molar-refractivity contribution in [1.82, 2.24) is 15.2 Å². The number of hydrogen-bond donors (Lipinski definition) is 0. The van der Waals surface area contributed by atoms with Crippen LogP contribution in [0.5, 0.6) is 5.88 Å². The van der Waals surface area contributed by atoms with Gasteiger partial charge in [-0.1, -0.05) is 30.3 Å². The fourth-order valence-corrected chi connectivity index (χ4v) is 1.29. The zero-order valence-corrected chi connectivity index (χ0v) is 8.42. The maximum atomic E-state index is 5.38. The molecule has 0 bridgehead atoms. The van der Waals surface area contributed by atoms with E-state index >= 15 is 0 Å². The van der Waals surface area contributed by atoms with Crippen LogP contribution < -0.4 is 4.74 Å².